The maximum absolute atomic E-state index is 10.8. The van der Waals surface area contributed by atoms with Gasteiger partial charge in [0.05, 0.1) is 0 Å². The second kappa shape index (κ2) is 5.24. The Morgan fingerprint density at radius 3 is 1.75 bits per heavy atom. The Balaban J connectivity index is 3.06. The fourth-order valence-corrected chi connectivity index (χ4v) is 1.83. The quantitative estimate of drug-likeness (QED) is 0.539. The van der Waals surface area contributed by atoms with E-state index in [0.29, 0.717) is 0 Å². The van der Waals surface area contributed by atoms with Gasteiger partial charge in [-0.3, -0.25) is 0 Å². The zero-order valence-corrected chi connectivity index (χ0v) is 6.58. The summed E-state index contributed by atoms with van der Waals surface area (Å²) < 4.78 is 10.8. The van der Waals surface area contributed by atoms with Gasteiger partial charge < -0.3 is 0 Å². The molecule has 0 unspecified atom stereocenters. The molecular formula is C6H14OP+. The SMILES string of the molecule is CCC[P+](=O)CCC. The van der Waals surface area contributed by atoms with Crippen LogP contribution in [0.5, 0.6) is 0 Å². The lowest BCUT2D eigenvalue weighted by molar-refractivity contribution is 0.586. The summed E-state index contributed by atoms with van der Waals surface area (Å²) in [4.78, 5) is 0. The fourth-order valence-electron chi connectivity index (χ4n) is 0.611. The summed E-state index contributed by atoms with van der Waals surface area (Å²) in [5.74, 6) is 0. The molecule has 0 amide bonds. The number of rotatable bonds is 4. The van der Waals surface area contributed by atoms with Crippen LogP contribution in [0.3, 0.4) is 0 Å². The maximum atomic E-state index is 10.8. The van der Waals surface area contributed by atoms with Gasteiger partial charge in [0.2, 0.25) is 0 Å². The third-order valence-electron chi connectivity index (χ3n) is 0.946. The van der Waals surface area contributed by atoms with E-state index >= 15 is 0 Å². The molecule has 0 N–H and O–H groups in total. The Kier molecular flexibility index (Phi) is 5.31. The largest absolute Gasteiger partial charge is 0.338 e. The maximum Gasteiger partial charge on any atom is 0.338 e. The zero-order valence-electron chi connectivity index (χ0n) is 5.68. The summed E-state index contributed by atoms with van der Waals surface area (Å²) in [6.45, 7) is 4.14. The van der Waals surface area contributed by atoms with Gasteiger partial charge in [0.15, 0.2) is 0 Å². The standard InChI is InChI=1S/C6H14OP/c1-3-5-8(7)6-4-2/h3-6H2,1-2H3/q+1. The summed E-state index contributed by atoms with van der Waals surface area (Å²) in [5.41, 5.74) is 0. The first kappa shape index (κ1) is 8.10. The lowest BCUT2D eigenvalue weighted by Gasteiger charge is -1.78. The zero-order chi connectivity index (χ0) is 6.41. The van der Waals surface area contributed by atoms with Gasteiger partial charge in [-0.05, 0) is 12.8 Å². The van der Waals surface area contributed by atoms with Crippen LogP contribution in [-0.4, -0.2) is 12.3 Å². The van der Waals surface area contributed by atoms with E-state index in [2.05, 4.69) is 13.8 Å². The second-order valence-corrected chi connectivity index (χ2v) is 3.79. The number of hydrogen-bond donors (Lipinski definition) is 0. The molecule has 0 spiro atoms. The van der Waals surface area contributed by atoms with Crippen LogP contribution in [0, 0.1) is 0 Å². The van der Waals surface area contributed by atoms with E-state index in [4.69, 9.17) is 0 Å². The molecule has 0 aliphatic rings. The molecule has 0 radical (unpaired) electrons. The van der Waals surface area contributed by atoms with Gasteiger partial charge in [-0.25, -0.2) is 0 Å². The topological polar surface area (TPSA) is 17.1 Å². The molecular weight excluding hydrogens is 119 g/mol. The molecule has 0 bridgehead atoms. The molecule has 1 nitrogen and oxygen atoms in total. The van der Waals surface area contributed by atoms with Crippen molar-refractivity contribution in [2.24, 2.45) is 0 Å². The first-order chi connectivity index (χ1) is 3.81. The van der Waals surface area contributed by atoms with Crippen molar-refractivity contribution in [1.29, 1.82) is 0 Å². The lowest BCUT2D eigenvalue weighted by atomic mass is 10.6. The van der Waals surface area contributed by atoms with Crippen LogP contribution in [0.2, 0.25) is 0 Å². The van der Waals surface area contributed by atoms with E-state index in [1.54, 1.807) is 0 Å². The van der Waals surface area contributed by atoms with Crippen LogP contribution in [0.15, 0.2) is 0 Å². The Labute approximate surface area is 52.3 Å². The summed E-state index contributed by atoms with van der Waals surface area (Å²) >= 11 is 0. The van der Waals surface area contributed by atoms with Crippen LogP contribution in [0.25, 0.3) is 0 Å². The van der Waals surface area contributed by atoms with Gasteiger partial charge in [0.1, 0.15) is 12.3 Å². The highest BCUT2D eigenvalue weighted by Gasteiger charge is 2.09. The average Bonchev–Trinajstić information content (AvgIpc) is 1.68. The monoisotopic (exact) mass is 133 g/mol. The van der Waals surface area contributed by atoms with Gasteiger partial charge in [-0.1, -0.05) is 18.4 Å². The Morgan fingerprint density at radius 1 is 1.12 bits per heavy atom. The highest BCUT2D eigenvalue weighted by Crippen LogP contribution is 2.21. The molecule has 48 valence electrons. The van der Waals surface area contributed by atoms with Crippen LogP contribution >= 0.6 is 7.80 Å². The molecule has 0 fully saturated rings. The van der Waals surface area contributed by atoms with Gasteiger partial charge in [0.25, 0.3) is 0 Å². The van der Waals surface area contributed by atoms with Crippen LogP contribution in [0.1, 0.15) is 26.7 Å². The normalized spacial score (nSPS) is 9.25. The van der Waals surface area contributed by atoms with E-state index in [0.717, 1.165) is 25.2 Å². The van der Waals surface area contributed by atoms with E-state index in [9.17, 15) is 4.57 Å². The van der Waals surface area contributed by atoms with Crippen molar-refractivity contribution in [3.63, 3.8) is 0 Å². The minimum absolute atomic E-state index is 0.831. The highest BCUT2D eigenvalue weighted by atomic mass is 31.1. The molecule has 0 rings (SSSR count). The Bertz CT molecular complexity index is 62.9. The molecule has 0 aromatic heterocycles. The van der Waals surface area contributed by atoms with E-state index < -0.39 is 7.80 Å². The molecule has 0 aliphatic heterocycles. The summed E-state index contributed by atoms with van der Waals surface area (Å²) in [6.07, 6.45) is 3.97. The van der Waals surface area contributed by atoms with E-state index in [1.807, 2.05) is 0 Å². The van der Waals surface area contributed by atoms with Gasteiger partial charge in [-0.15, -0.1) is 0 Å². The highest BCUT2D eigenvalue weighted by molar-refractivity contribution is 7.44. The molecule has 0 saturated heterocycles. The Morgan fingerprint density at radius 2 is 1.50 bits per heavy atom. The van der Waals surface area contributed by atoms with Crippen molar-refractivity contribution < 1.29 is 4.57 Å². The Hall–Kier alpha value is 0.100. The molecule has 8 heavy (non-hydrogen) atoms. The van der Waals surface area contributed by atoms with Crippen LogP contribution in [0.4, 0.5) is 0 Å². The van der Waals surface area contributed by atoms with Gasteiger partial charge in [0, 0.05) is 0 Å². The molecule has 2 heteroatoms. The molecule has 0 aromatic carbocycles. The summed E-state index contributed by atoms with van der Waals surface area (Å²) in [7, 11) is -0.831. The number of hydrogen-bond acceptors (Lipinski definition) is 1. The van der Waals surface area contributed by atoms with Crippen molar-refractivity contribution in [2.45, 2.75) is 26.7 Å². The van der Waals surface area contributed by atoms with Gasteiger partial charge >= 0.3 is 7.80 Å². The molecule has 0 atom stereocenters. The third-order valence-corrected chi connectivity index (χ3v) is 2.84. The van der Waals surface area contributed by atoms with E-state index in [-0.39, 0.29) is 0 Å². The van der Waals surface area contributed by atoms with Crippen molar-refractivity contribution in [3.8, 4) is 0 Å². The van der Waals surface area contributed by atoms with Crippen molar-refractivity contribution in [3.05, 3.63) is 0 Å². The third kappa shape index (κ3) is 4.26. The lowest BCUT2D eigenvalue weighted by Crippen LogP contribution is -1.77. The average molecular weight is 133 g/mol. The molecule has 0 heterocycles. The van der Waals surface area contributed by atoms with Crippen LogP contribution in [-0.2, 0) is 4.57 Å². The van der Waals surface area contributed by atoms with E-state index in [1.165, 1.54) is 0 Å². The van der Waals surface area contributed by atoms with Crippen molar-refractivity contribution in [2.75, 3.05) is 12.3 Å². The minimum atomic E-state index is -0.831. The fraction of sp³-hybridized carbons (Fsp3) is 1.00. The predicted octanol–water partition coefficient (Wildman–Crippen LogP) is 2.63. The minimum Gasteiger partial charge on any atom is -0.0748 e. The first-order valence-corrected chi connectivity index (χ1v) is 4.86. The van der Waals surface area contributed by atoms with Crippen molar-refractivity contribution in [1.82, 2.24) is 0 Å². The van der Waals surface area contributed by atoms with Gasteiger partial charge in [-0.2, -0.15) is 0 Å². The second-order valence-electron chi connectivity index (χ2n) is 1.93. The molecule has 0 saturated carbocycles. The smallest absolute Gasteiger partial charge is 0.0748 e. The van der Waals surface area contributed by atoms with Crippen molar-refractivity contribution >= 4 is 7.80 Å². The molecule has 0 aromatic rings. The predicted molar refractivity (Wildman–Crippen MR) is 37.9 cm³/mol. The summed E-state index contributed by atoms with van der Waals surface area (Å²) in [6, 6.07) is 0. The summed E-state index contributed by atoms with van der Waals surface area (Å²) in [5, 5.41) is 0. The van der Waals surface area contributed by atoms with Crippen LogP contribution < -0.4 is 0 Å². The molecule has 0 aliphatic carbocycles. The first-order valence-electron chi connectivity index (χ1n) is 3.23.